The van der Waals surface area contributed by atoms with Crippen molar-refractivity contribution in [3.63, 3.8) is 0 Å². The van der Waals surface area contributed by atoms with Crippen molar-refractivity contribution in [1.29, 1.82) is 0 Å². The Morgan fingerprint density at radius 2 is 1.96 bits per heavy atom. The number of aromatic carboxylic acids is 1. The van der Waals surface area contributed by atoms with E-state index < -0.39 is 17.7 Å². The van der Waals surface area contributed by atoms with Gasteiger partial charge in [0.15, 0.2) is 0 Å². The molecule has 1 atom stereocenters. The zero-order valence-corrected chi connectivity index (χ0v) is 16.5. The predicted molar refractivity (Wildman–Crippen MR) is 81.0 cm³/mol. The molecule has 0 aliphatic carbocycles. The molecule has 1 amide bonds. The molecule has 1 aliphatic heterocycles. The van der Waals surface area contributed by atoms with E-state index in [9.17, 15) is 14.7 Å². The molecule has 126 valence electrons. The summed E-state index contributed by atoms with van der Waals surface area (Å²) in [6.45, 7) is 6.73. The van der Waals surface area contributed by atoms with Gasteiger partial charge in [-0.2, -0.15) is 0 Å². The molecule has 0 unspecified atom stereocenters. The molecule has 0 aromatic carbocycles. The summed E-state index contributed by atoms with van der Waals surface area (Å²) in [5.41, 5.74) is -0.600. The number of hydrogen-bond acceptors (Lipinski definition) is 7. The van der Waals surface area contributed by atoms with Gasteiger partial charge >= 0.3 is 35.7 Å². The van der Waals surface area contributed by atoms with Gasteiger partial charge in [0.1, 0.15) is 5.60 Å². The van der Waals surface area contributed by atoms with E-state index in [-0.39, 0.29) is 41.2 Å². The summed E-state index contributed by atoms with van der Waals surface area (Å²) in [5.74, 6) is -0.870. The molecular formula is C15H21N4NaO4. The smallest absolute Gasteiger partial charge is 0.545 e. The first-order valence-electron chi connectivity index (χ1n) is 7.52. The minimum absolute atomic E-state index is 0. The molecule has 0 saturated carbocycles. The SMILES string of the molecule is CC(C)(C)OC(=O)N[C@@H]1CCCN(c2ncc(C(=O)[O-])cn2)C1.[Na+]. The second-order valence-corrected chi connectivity index (χ2v) is 6.49. The van der Waals surface area contributed by atoms with E-state index in [4.69, 9.17) is 4.74 Å². The third-order valence-corrected chi connectivity index (χ3v) is 3.30. The van der Waals surface area contributed by atoms with E-state index in [1.807, 2.05) is 25.7 Å². The van der Waals surface area contributed by atoms with Crippen molar-refractivity contribution < 1.29 is 49.0 Å². The van der Waals surface area contributed by atoms with Crippen molar-refractivity contribution in [2.24, 2.45) is 0 Å². The molecule has 24 heavy (non-hydrogen) atoms. The van der Waals surface area contributed by atoms with Gasteiger partial charge in [0.05, 0.1) is 5.97 Å². The van der Waals surface area contributed by atoms with Crippen LogP contribution >= 0.6 is 0 Å². The fourth-order valence-electron chi connectivity index (χ4n) is 2.34. The molecule has 2 heterocycles. The van der Waals surface area contributed by atoms with Crippen molar-refractivity contribution in [3.05, 3.63) is 18.0 Å². The molecule has 0 radical (unpaired) electrons. The molecule has 0 bridgehead atoms. The van der Waals surface area contributed by atoms with Crippen LogP contribution in [0.5, 0.6) is 0 Å². The Balaban J connectivity index is 0.00000288. The van der Waals surface area contributed by atoms with Crippen LogP contribution in [0.3, 0.4) is 0 Å². The Labute approximate surface area is 163 Å². The molecule has 1 aromatic rings. The van der Waals surface area contributed by atoms with Crippen LogP contribution in [-0.4, -0.2) is 46.8 Å². The van der Waals surface area contributed by atoms with Gasteiger partial charge in [-0.1, -0.05) is 0 Å². The number of amides is 1. The average Bonchev–Trinajstić information content (AvgIpc) is 2.45. The van der Waals surface area contributed by atoms with Crippen LogP contribution in [0.25, 0.3) is 0 Å². The minimum Gasteiger partial charge on any atom is -0.545 e. The summed E-state index contributed by atoms with van der Waals surface area (Å²) in [6, 6.07) is -0.0667. The number of hydrogen-bond donors (Lipinski definition) is 1. The molecular weight excluding hydrogens is 323 g/mol. The maximum absolute atomic E-state index is 11.8. The number of nitrogens with one attached hydrogen (secondary N) is 1. The maximum Gasteiger partial charge on any atom is 1.00 e. The van der Waals surface area contributed by atoms with E-state index >= 15 is 0 Å². The topological polar surface area (TPSA) is 107 Å². The molecule has 9 heteroatoms. The van der Waals surface area contributed by atoms with Gasteiger partial charge in [-0.05, 0) is 33.6 Å². The first-order valence-corrected chi connectivity index (χ1v) is 7.52. The summed E-state index contributed by atoms with van der Waals surface area (Å²) in [6.07, 6.45) is 3.71. The number of carbonyl (C=O) groups is 2. The van der Waals surface area contributed by atoms with E-state index in [2.05, 4.69) is 15.3 Å². The number of piperidine rings is 1. The molecule has 2 rings (SSSR count). The van der Waals surface area contributed by atoms with Crippen LogP contribution in [0.2, 0.25) is 0 Å². The number of carboxylic acid groups (broad SMARTS) is 1. The van der Waals surface area contributed by atoms with Crippen LogP contribution in [0.15, 0.2) is 12.4 Å². The average molecular weight is 344 g/mol. The molecule has 1 saturated heterocycles. The van der Waals surface area contributed by atoms with Gasteiger partial charge in [-0.15, -0.1) is 0 Å². The number of anilines is 1. The molecule has 0 spiro atoms. The quantitative estimate of drug-likeness (QED) is 0.596. The number of alkyl carbamates (subject to hydrolysis) is 1. The summed E-state index contributed by atoms with van der Waals surface area (Å²) in [4.78, 5) is 32.5. The van der Waals surface area contributed by atoms with E-state index in [1.54, 1.807) is 0 Å². The van der Waals surface area contributed by atoms with Gasteiger partial charge in [0.25, 0.3) is 0 Å². The van der Waals surface area contributed by atoms with Crippen LogP contribution in [0, 0.1) is 0 Å². The van der Waals surface area contributed by atoms with Crippen LogP contribution < -0.4 is 44.9 Å². The summed E-state index contributed by atoms with van der Waals surface area (Å²) in [7, 11) is 0. The Bertz CT molecular complexity index is 574. The normalized spacial score (nSPS) is 17.6. The first-order chi connectivity index (χ1) is 10.7. The molecule has 1 fully saturated rings. The Kier molecular flexibility index (Phi) is 7.44. The summed E-state index contributed by atoms with van der Waals surface area (Å²) >= 11 is 0. The number of carbonyl (C=O) groups excluding carboxylic acids is 2. The number of aromatic nitrogens is 2. The third-order valence-electron chi connectivity index (χ3n) is 3.30. The van der Waals surface area contributed by atoms with Crippen LogP contribution in [-0.2, 0) is 4.74 Å². The Morgan fingerprint density at radius 1 is 1.33 bits per heavy atom. The van der Waals surface area contributed by atoms with E-state index in [1.165, 1.54) is 12.4 Å². The van der Waals surface area contributed by atoms with Crippen molar-refractivity contribution >= 4 is 18.0 Å². The van der Waals surface area contributed by atoms with Gasteiger partial charge < -0.3 is 24.9 Å². The van der Waals surface area contributed by atoms with Gasteiger partial charge in [-0.25, -0.2) is 14.8 Å². The number of ether oxygens (including phenoxy) is 1. The maximum atomic E-state index is 11.8. The van der Waals surface area contributed by atoms with Gasteiger partial charge in [0.2, 0.25) is 5.95 Å². The van der Waals surface area contributed by atoms with Crippen molar-refractivity contribution in [2.45, 2.75) is 45.3 Å². The monoisotopic (exact) mass is 344 g/mol. The van der Waals surface area contributed by atoms with Gasteiger partial charge in [-0.3, -0.25) is 0 Å². The largest absolute Gasteiger partial charge is 1.00 e. The van der Waals surface area contributed by atoms with E-state index in [0.717, 1.165) is 19.4 Å². The minimum atomic E-state index is -1.31. The van der Waals surface area contributed by atoms with Gasteiger partial charge in [0, 0.05) is 37.1 Å². The Hall–Kier alpha value is -1.38. The fraction of sp³-hybridized carbons (Fsp3) is 0.600. The summed E-state index contributed by atoms with van der Waals surface area (Å²) in [5, 5.41) is 13.6. The first kappa shape index (κ1) is 20.7. The zero-order valence-electron chi connectivity index (χ0n) is 14.5. The number of carboxylic acids is 1. The predicted octanol–water partition coefficient (Wildman–Crippen LogP) is -2.66. The number of rotatable bonds is 3. The van der Waals surface area contributed by atoms with E-state index in [0.29, 0.717) is 12.5 Å². The molecule has 8 nitrogen and oxygen atoms in total. The van der Waals surface area contributed by atoms with Crippen molar-refractivity contribution in [3.8, 4) is 0 Å². The third kappa shape index (κ3) is 6.26. The number of nitrogens with zero attached hydrogens (tertiary/aromatic N) is 3. The molecule has 1 aromatic heterocycles. The summed E-state index contributed by atoms with van der Waals surface area (Å²) < 4.78 is 5.25. The van der Waals surface area contributed by atoms with Crippen molar-refractivity contribution in [1.82, 2.24) is 15.3 Å². The standard InChI is InChI=1S/C15H22N4O4.Na/c1-15(2,3)23-14(22)18-11-5-4-6-19(9-11)13-16-7-10(8-17-13)12(20)21;/h7-8,11H,4-6,9H2,1-3H3,(H,18,22)(H,20,21);/q;+1/p-1/t11-;/m1./s1. The van der Waals surface area contributed by atoms with Crippen LogP contribution in [0.4, 0.5) is 10.7 Å². The second kappa shape index (κ2) is 8.64. The zero-order chi connectivity index (χ0) is 17.0. The van der Waals surface area contributed by atoms with Crippen molar-refractivity contribution in [2.75, 3.05) is 18.0 Å². The molecule has 1 aliphatic rings. The fourth-order valence-corrected chi connectivity index (χ4v) is 2.34. The second-order valence-electron chi connectivity index (χ2n) is 6.49. The Morgan fingerprint density at radius 3 is 2.50 bits per heavy atom. The van der Waals surface area contributed by atoms with Crippen LogP contribution in [0.1, 0.15) is 44.0 Å². The molecule has 1 N–H and O–H groups in total.